The number of hydrogen-bond donors (Lipinski definition) is 1. The van der Waals surface area contributed by atoms with E-state index < -0.39 is 12.2 Å². The lowest BCUT2D eigenvalue weighted by Gasteiger charge is -2.36. The highest BCUT2D eigenvalue weighted by atomic mass is 32.1. The molecule has 0 aliphatic carbocycles. The molecule has 2 aromatic rings. The smallest absolute Gasteiger partial charge is 0.414 e. The van der Waals surface area contributed by atoms with E-state index in [2.05, 4.69) is 34.2 Å². The van der Waals surface area contributed by atoms with E-state index in [1.807, 2.05) is 11.3 Å². The van der Waals surface area contributed by atoms with Gasteiger partial charge in [0.05, 0.1) is 24.5 Å². The van der Waals surface area contributed by atoms with Gasteiger partial charge in [0.1, 0.15) is 11.9 Å². The van der Waals surface area contributed by atoms with Crippen molar-refractivity contribution in [2.75, 3.05) is 49.1 Å². The number of nitrogens with one attached hydrogen (secondary N) is 1. The molecule has 7 nitrogen and oxygen atoms in total. The van der Waals surface area contributed by atoms with E-state index in [0.717, 1.165) is 32.7 Å². The normalized spacial score (nSPS) is 19.6. The Morgan fingerprint density at radius 2 is 2.00 bits per heavy atom. The van der Waals surface area contributed by atoms with Crippen LogP contribution in [0.25, 0.3) is 0 Å². The Balaban J connectivity index is 1.35. The maximum Gasteiger partial charge on any atom is 0.414 e. The van der Waals surface area contributed by atoms with Crippen molar-refractivity contribution in [2.24, 2.45) is 0 Å². The van der Waals surface area contributed by atoms with Crippen LogP contribution in [0.2, 0.25) is 0 Å². The molecule has 0 spiro atoms. The highest BCUT2D eigenvalue weighted by Gasteiger charge is 2.33. The second-order valence-electron chi connectivity index (χ2n) is 7.96. The van der Waals surface area contributed by atoms with Gasteiger partial charge in [0.25, 0.3) is 0 Å². The highest BCUT2D eigenvalue weighted by molar-refractivity contribution is 7.11. The van der Waals surface area contributed by atoms with Crippen molar-refractivity contribution in [1.29, 1.82) is 0 Å². The molecule has 1 aromatic heterocycles. The Bertz CT molecular complexity index is 958. The van der Waals surface area contributed by atoms with Crippen molar-refractivity contribution in [3.8, 4) is 0 Å². The third-order valence-electron chi connectivity index (χ3n) is 5.58. The molecule has 9 heteroatoms. The number of amides is 2. The van der Waals surface area contributed by atoms with Gasteiger partial charge < -0.3 is 15.0 Å². The highest BCUT2D eigenvalue weighted by Crippen LogP contribution is 2.29. The van der Waals surface area contributed by atoms with E-state index in [4.69, 9.17) is 4.74 Å². The van der Waals surface area contributed by atoms with Gasteiger partial charge in [-0.25, -0.2) is 9.18 Å². The Hall–Kier alpha value is -2.65. The molecule has 2 fully saturated rings. The minimum atomic E-state index is -0.528. The maximum absolute atomic E-state index is 14.9. The molecule has 0 bridgehead atoms. The number of carbonyl (C=O) groups excluding carboxylic acids is 2. The van der Waals surface area contributed by atoms with Gasteiger partial charge in [-0.05, 0) is 37.3 Å². The zero-order valence-electron chi connectivity index (χ0n) is 17.8. The number of hydrogen-bond acceptors (Lipinski definition) is 6. The van der Waals surface area contributed by atoms with Crippen molar-refractivity contribution < 1.29 is 18.7 Å². The molecule has 0 unspecified atom stereocenters. The summed E-state index contributed by atoms with van der Waals surface area (Å²) in [6.45, 7) is 8.24. The average Bonchev–Trinajstić information content (AvgIpc) is 3.32. The van der Waals surface area contributed by atoms with Crippen molar-refractivity contribution in [1.82, 2.24) is 10.2 Å². The van der Waals surface area contributed by atoms with E-state index in [1.54, 1.807) is 12.1 Å². The van der Waals surface area contributed by atoms with E-state index in [0.29, 0.717) is 11.4 Å². The van der Waals surface area contributed by atoms with E-state index in [1.165, 1.54) is 27.6 Å². The molecule has 2 aliphatic rings. The van der Waals surface area contributed by atoms with Crippen molar-refractivity contribution in [3.05, 3.63) is 45.9 Å². The lowest BCUT2D eigenvalue weighted by molar-refractivity contribution is -0.119. The van der Waals surface area contributed by atoms with Gasteiger partial charge in [0.2, 0.25) is 5.91 Å². The molecule has 2 amide bonds. The number of halogens is 1. The van der Waals surface area contributed by atoms with Gasteiger partial charge >= 0.3 is 6.09 Å². The van der Waals surface area contributed by atoms with Crippen LogP contribution in [0.5, 0.6) is 0 Å². The van der Waals surface area contributed by atoms with Gasteiger partial charge in [0.15, 0.2) is 0 Å². The fourth-order valence-electron chi connectivity index (χ4n) is 3.95. The zero-order chi connectivity index (χ0) is 22.0. The summed E-state index contributed by atoms with van der Waals surface area (Å²) in [5, 5.41) is 2.64. The van der Waals surface area contributed by atoms with Crippen molar-refractivity contribution in [3.63, 3.8) is 0 Å². The molecule has 0 radical (unpaired) electrons. The lowest BCUT2D eigenvalue weighted by atomic mass is 10.2. The molecular formula is C22H27FN4O3S. The number of cyclic esters (lactones) is 1. The standard InChI is InChI=1S/C22H27FN4O3S/c1-15-3-5-19(31-15)14-25-7-9-26(10-8-25)21-6-4-17(11-20(21)23)27-13-18(30-22(27)29)12-24-16(2)28/h3-6,11,18H,7-10,12-14H2,1-2H3,(H,24,28)/t18-/m0/s1. The summed E-state index contributed by atoms with van der Waals surface area (Å²) in [6.07, 6.45) is -0.973. The molecule has 2 aliphatic heterocycles. The minimum Gasteiger partial charge on any atom is -0.442 e. The number of nitrogens with zero attached hydrogens (tertiary/aromatic N) is 3. The van der Waals surface area contributed by atoms with Gasteiger partial charge in [-0.3, -0.25) is 14.6 Å². The quantitative estimate of drug-likeness (QED) is 0.739. The number of aryl methyl sites for hydroxylation is 1. The number of thiophene rings is 1. The predicted molar refractivity (Wildman–Crippen MR) is 119 cm³/mol. The van der Waals surface area contributed by atoms with E-state index in [-0.39, 0.29) is 24.8 Å². The van der Waals surface area contributed by atoms with Crippen LogP contribution in [0, 0.1) is 12.7 Å². The number of anilines is 2. The van der Waals surface area contributed by atoms with Gasteiger partial charge in [-0.15, -0.1) is 11.3 Å². The number of rotatable bonds is 6. The zero-order valence-corrected chi connectivity index (χ0v) is 18.6. The van der Waals surface area contributed by atoms with Crippen LogP contribution in [-0.2, 0) is 16.1 Å². The topological polar surface area (TPSA) is 65.1 Å². The molecule has 1 N–H and O–H groups in total. The molecule has 2 saturated heterocycles. The molecule has 0 saturated carbocycles. The molecular weight excluding hydrogens is 419 g/mol. The Kier molecular flexibility index (Phi) is 6.43. The van der Waals surface area contributed by atoms with Gasteiger partial charge in [0, 0.05) is 49.4 Å². The van der Waals surface area contributed by atoms with Crippen LogP contribution < -0.4 is 15.1 Å². The predicted octanol–water partition coefficient (Wildman–Crippen LogP) is 2.98. The molecule has 3 heterocycles. The monoisotopic (exact) mass is 446 g/mol. The van der Waals surface area contributed by atoms with Crippen LogP contribution in [0.15, 0.2) is 30.3 Å². The number of piperazine rings is 1. The second kappa shape index (κ2) is 9.23. The number of benzene rings is 1. The van der Waals surface area contributed by atoms with E-state index in [9.17, 15) is 14.0 Å². The lowest BCUT2D eigenvalue weighted by Crippen LogP contribution is -2.46. The van der Waals surface area contributed by atoms with Crippen LogP contribution in [0.4, 0.5) is 20.6 Å². The molecule has 4 rings (SSSR count). The Morgan fingerprint density at radius 3 is 2.65 bits per heavy atom. The summed E-state index contributed by atoms with van der Waals surface area (Å²) >= 11 is 1.82. The van der Waals surface area contributed by atoms with Crippen LogP contribution in [0.1, 0.15) is 16.7 Å². The minimum absolute atomic E-state index is 0.185. The first-order valence-corrected chi connectivity index (χ1v) is 11.3. The molecule has 166 valence electrons. The first kappa shape index (κ1) is 21.6. The molecule has 1 aromatic carbocycles. The summed E-state index contributed by atoms with van der Waals surface area (Å²) in [4.78, 5) is 31.7. The summed E-state index contributed by atoms with van der Waals surface area (Å²) in [6, 6.07) is 9.19. The van der Waals surface area contributed by atoms with Gasteiger partial charge in [-0.1, -0.05) is 0 Å². The molecule has 1 atom stereocenters. The molecule has 31 heavy (non-hydrogen) atoms. The third-order valence-corrected chi connectivity index (χ3v) is 6.57. The fraction of sp³-hybridized carbons (Fsp3) is 0.455. The fourth-order valence-corrected chi connectivity index (χ4v) is 4.89. The second-order valence-corrected chi connectivity index (χ2v) is 9.34. The summed E-state index contributed by atoms with van der Waals surface area (Å²) in [7, 11) is 0. The Morgan fingerprint density at radius 1 is 1.23 bits per heavy atom. The van der Waals surface area contributed by atoms with E-state index >= 15 is 0 Å². The summed E-state index contributed by atoms with van der Waals surface area (Å²) in [5.74, 6) is -0.534. The first-order valence-electron chi connectivity index (χ1n) is 10.4. The maximum atomic E-state index is 14.9. The Labute approximate surface area is 185 Å². The largest absolute Gasteiger partial charge is 0.442 e. The van der Waals surface area contributed by atoms with Crippen molar-refractivity contribution >= 4 is 34.7 Å². The third kappa shape index (κ3) is 5.16. The van der Waals surface area contributed by atoms with Crippen molar-refractivity contribution in [2.45, 2.75) is 26.5 Å². The van der Waals surface area contributed by atoms with Crippen LogP contribution >= 0.6 is 11.3 Å². The van der Waals surface area contributed by atoms with Gasteiger partial charge in [-0.2, -0.15) is 0 Å². The number of ether oxygens (including phenoxy) is 1. The summed E-state index contributed by atoms with van der Waals surface area (Å²) < 4.78 is 20.2. The SMILES string of the molecule is CC(=O)NC[C@H]1CN(c2ccc(N3CCN(Cc4ccc(C)s4)CC3)c(F)c2)C(=O)O1. The van der Waals surface area contributed by atoms with Crippen LogP contribution in [-0.4, -0.2) is 62.3 Å². The first-order chi connectivity index (χ1) is 14.9. The summed E-state index contributed by atoms with van der Waals surface area (Å²) in [5.41, 5.74) is 1.01. The average molecular weight is 447 g/mol. The number of carbonyl (C=O) groups is 2. The van der Waals surface area contributed by atoms with Crippen LogP contribution in [0.3, 0.4) is 0 Å².